The standard InChI is InChI=1S/C13H14/c1-2-7-12-11(5-1)6-3-8-13(12)9-4-10-13/h1-3,5-7H,4,8-10H2. The molecular formula is C13H14. The van der Waals surface area contributed by atoms with E-state index >= 15 is 0 Å². The molecule has 1 aromatic carbocycles. The molecule has 1 aromatic rings. The van der Waals surface area contributed by atoms with Crippen LogP contribution in [0, 0.1) is 0 Å². The predicted octanol–water partition coefficient (Wildman–Crippen LogP) is 3.53. The second-order valence-electron chi connectivity index (χ2n) is 4.33. The van der Waals surface area contributed by atoms with E-state index in [1.807, 2.05) is 0 Å². The van der Waals surface area contributed by atoms with Crippen LogP contribution >= 0.6 is 0 Å². The minimum Gasteiger partial charge on any atom is -0.0830 e. The molecule has 1 spiro atoms. The first-order chi connectivity index (χ1) is 6.41. The van der Waals surface area contributed by atoms with Gasteiger partial charge in [-0.25, -0.2) is 0 Å². The SMILES string of the molecule is C1=Cc2ccccc2C2(C1)CCC2. The molecule has 0 aromatic heterocycles. The lowest BCUT2D eigenvalue weighted by Crippen LogP contribution is -2.35. The first-order valence-electron chi connectivity index (χ1n) is 5.17. The second kappa shape index (κ2) is 2.47. The monoisotopic (exact) mass is 170 g/mol. The van der Waals surface area contributed by atoms with Gasteiger partial charge < -0.3 is 0 Å². The third-order valence-electron chi connectivity index (χ3n) is 3.65. The number of benzene rings is 1. The van der Waals surface area contributed by atoms with Crippen molar-refractivity contribution in [3.05, 3.63) is 41.5 Å². The van der Waals surface area contributed by atoms with E-state index in [2.05, 4.69) is 36.4 Å². The van der Waals surface area contributed by atoms with E-state index in [0.717, 1.165) is 0 Å². The Morgan fingerprint density at radius 1 is 1.08 bits per heavy atom. The van der Waals surface area contributed by atoms with Gasteiger partial charge in [-0.1, -0.05) is 42.8 Å². The molecule has 0 aliphatic heterocycles. The molecule has 0 saturated heterocycles. The van der Waals surface area contributed by atoms with Crippen LogP contribution in [0.4, 0.5) is 0 Å². The van der Waals surface area contributed by atoms with Gasteiger partial charge in [0.2, 0.25) is 0 Å². The maximum Gasteiger partial charge on any atom is -0.000650 e. The molecule has 0 unspecified atom stereocenters. The molecule has 0 atom stereocenters. The smallest absolute Gasteiger partial charge is 0.000650 e. The third-order valence-corrected chi connectivity index (χ3v) is 3.65. The first kappa shape index (κ1) is 7.37. The van der Waals surface area contributed by atoms with E-state index in [0.29, 0.717) is 5.41 Å². The van der Waals surface area contributed by atoms with Gasteiger partial charge in [0, 0.05) is 0 Å². The molecule has 2 aliphatic carbocycles. The highest BCUT2D eigenvalue weighted by molar-refractivity contribution is 5.59. The van der Waals surface area contributed by atoms with Crippen LogP contribution in [0.5, 0.6) is 0 Å². The Kier molecular flexibility index (Phi) is 1.40. The Morgan fingerprint density at radius 2 is 1.92 bits per heavy atom. The molecule has 0 N–H and O–H groups in total. The van der Waals surface area contributed by atoms with Crippen LogP contribution in [-0.4, -0.2) is 0 Å². The van der Waals surface area contributed by atoms with Gasteiger partial charge in [-0.15, -0.1) is 0 Å². The second-order valence-corrected chi connectivity index (χ2v) is 4.33. The van der Waals surface area contributed by atoms with E-state index in [1.54, 1.807) is 5.56 Å². The molecule has 1 fully saturated rings. The van der Waals surface area contributed by atoms with E-state index in [9.17, 15) is 0 Å². The van der Waals surface area contributed by atoms with Crippen molar-refractivity contribution in [2.24, 2.45) is 0 Å². The minimum absolute atomic E-state index is 0.547. The summed E-state index contributed by atoms with van der Waals surface area (Å²) in [5.74, 6) is 0. The van der Waals surface area contributed by atoms with E-state index in [1.165, 1.54) is 31.2 Å². The fraction of sp³-hybridized carbons (Fsp3) is 0.385. The van der Waals surface area contributed by atoms with Crippen molar-refractivity contribution in [3.8, 4) is 0 Å². The summed E-state index contributed by atoms with van der Waals surface area (Å²) in [6.45, 7) is 0. The molecule has 0 amide bonds. The Hall–Kier alpha value is -1.04. The topological polar surface area (TPSA) is 0 Å². The number of rotatable bonds is 0. The highest BCUT2D eigenvalue weighted by Gasteiger charge is 2.39. The van der Waals surface area contributed by atoms with Gasteiger partial charge in [0.05, 0.1) is 0 Å². The Bertz CT molecular complexity index is 356. The number of hydrogen-bond donors (Lipinski definition) is 0. The van der Waals surface area contributed by atoms with Crippen LogP contribution in [0.2, 0.25) is 0 Å². The number of hydrogen-bond acceptors (Lipinski definition) is 0. The first-order valence-corrected chi connectivity index (χ1v) is 5.17. The summed E-state index contributed by atoms with van der Waals surface area (Å²) in [4.78, 5) is 0. The van der Waals surface area contributed by atoms with Crippen molar-refractivity contribution < 1.29 is 0 Å². The van der Waals surface area contributed by atoms with Crippen molar-refractivity contribution >= 4 is 6.08 Å². The molecular weight excluding hydrogens is 156 g/mol. The van der Waals surface area contributed by atoms with Gasteiger partial charge in [-0.05, 0) is 35.8 Å². The van der Waals surface area contributed by atoms with E-state index in [4.69, 9.17) is 0 Å². The van der Waals surface area contributed by atoms with E-state index < -0.39 is 0 Å². The van der Waals surface area contributed by atoms with Crippen molar-refractivity contribution in [2.45, 2.75) is 31.1 Å². The van der Waals surface area contributed by atoms with Crippen LogP contribution in [-0.2, 0) is 5.41 Å². The lowest BCUT2D eigenvalue weighted by atomic mass is 9.60. The van der Waals surface area contributed by atoms with Gasteiger partial charge in [0.1, 0.15) is 0 Å². The van der Waals surface area contributed by atoms with Crippen molar-refractivity contribution in [3.63, 3.8) is 0 Å². The van der Waals surface area contributed by atoms with Gasteiger partial charge in [-0.2, -0.15) is 0 Å². The molecule has 1 saturated carbocycles. The molecule has 0 nitrogen and oxygen atoms in total. The zero-order valence-electron chi connectivity index (χ0n) is 7.79. The van der Waals surface area contributed by atoms with Crippen molar-refractivity contribution in [2.75, 3.05) is 0 Å². The Balaban J connectivity index is 2.17. The van der Waals surface area contributed by atoms with E-state index in [-0.39, 0.29) is 0 Å². The molecule has 0 heteroatoms. The van der Waals surface area contributed by atoms with Gasteiger partial charge in [-0.3, -0.25) is 0 Å². The van der Waals surface area contributed by atoms with Crippen molar-refractivity contribution in [1.29, 1.82) is 0 Å². The zero-order chi connectivity index (χ0) is 8.73. The third kappa shape index (κ3) is 0.918. The maximum atomic E-state index is 2.35. The summed E-state index contributed by atoms with van der Waals surface area (Å²) in [6, 6.07) is 8.88. The van der Waals surface area contributed by atoms with Gasteiger partial charge in [0.15, 0.2) is 0 Å². The molecule has 0 radical (unpaired) electrons. The molecule has 0 heterocycles. The normalized spacial score (nSPS) is 22.5. The molecule has 3 rings (SSSR count). The van der Waals surface area contributed by atoms with Crippen LogP contribution in [0.15, 0.2) is 30.3 Å². The Labute approximate surface area is 79.3 Å². The summed E-state index contributed by atoms with van der Waals surface area (Å²) in [5.41, 5.74) is 3.60. The zero-order valence-corrected chi connectivity index (χ0v) is 7.79. The predicted molar refractivity (Wildman–Crippen MR) is 55.6 cm³/mol. The van der Waals surface area contributed by atoms with Crippen LogP contribution in [0.25, 0.3) is 6.08 Å². The molecule has 0 bridgehead atoms. The van der Waals surface area contributed by atoms with Crippen LogP contribution in [0.3, 0.4) is 0 Å². The average molecular weight is 170 g/mol. The number of allylic oxidation sites excluding steroid dienone is 1. The quantitative estimate of drug-likeness (QED) is 0.558. The summed E-state index contributed by atoms with van der Waals surface area (Å²) < 4.78 is 0. The largest absolute Gasteiger partial charge is 0.0830 e. The minimum atomic E-state index is 0.547. The number of fused-ring (bicyclic) bond motifs is 2. The molecule has 13 heavy (non-hydrogen) atoms. The maximum absolute atomic E-state index is 2.35. The summed E-state index contributed by atoms with van der Waals surface area (Å²) in [6.07, 6.45) is 10.1. The van der Waals surface area contributed by atoms with Crippen LogP contribution < -0.4 is 0 Å². The Morgan fingerprint density at radius 3 is 2.69 bits per heavy atom. The van der Waals surface area contributed by atoms with Crippen molar-refractivity contribution in [1.82, 2.24) is 0 Å². The highest BCUT2D eigenvalue weighted by atomic mass is 14.4. The fourth-order valence-corrected chi connectivity index (χ4v) is 2.72. The average Bonchev–Trinajstić information content (AvgIpc) is 2.14. The fourth-order valence-electron chi connectivity index (χ4n) is 2.72. The summed E-state index contributed by atoms with van der Waals surface area (Å²) in [7, 11) is 0. The molecule has 66 valence electrons. The summed E-state index contributed by atoms with van der Waals surface area (Å²) >= 11 is 0. The van der Waals surface area contributed by atoms with Crippen LogP contribution in [0.1, 0.15) is 36.8 Å². The lowest BCUT2D eigenvalue weighted by molar-refractivity contribution is 0.244. The summed E-state index contributed by atoms with van der Waals surface area (Å²) in [5, 5.41) is 0. The molecule has 2 aliphatic rings. The lowest BCUT2D eigenvalue weighted by Gasteiger charge is -2.44. The van der Waals surface area contributed by atoms with Gasteiger partial charge in [0.25, 0.3) is 0 Å². The van der Waals surface area contributed by atoms with Gasteiger partial charge >= 0.3 is 0 Å². The highest BCUT2D eigenvalue weighted by Crippen LogP contribution is 2.49.